The van der Waals surface area contributed by atoms with Crippen LogP contribution in [0.3, 0.4) is 0 Å². The zero-order valence-corrected chi connectivity index (χ0v) is 19.2. The van der Waals surface area contributed by atoms with E-state index in [0.717, 1.165) is 11.1 Å². The summed E-state index contributed by atoms with van der Waals surface area (Å²) in [6.45, 7) is 5.78. The summed E-state index contributed by atoms with van der Waals surface area (Å²) in [5, 5.41) is 11.2. The first kappa shape index (κ1) is 23.2. The lowest BCUT2D eigenvalue weighted by Gasteiger charge is -2.25. The van der Waals surface area contributed by atoms with Crippen LogP contribution in [0.15, 0.2) is 72.6 Å². The van der Waals surface area contributed by atoms with E-state index in [1.165, 1.54) is 29.2 Å². The smallest absolute Gasteiger partial charge is 0.295 e. The standard InChI is InChI=1S/C27H25FN2O4/c1-16(2)34-22-11-8-20(13-17(22)3)25(31)23-24(19-6-9-21(28)10-7-19)30(27(33)26(23)32)15-18-5-4-12-29-14-18/h4-14,16,24,31H,15H2,1-3H3/b25-23-. The van der Waals surface area contributed by atoms with Gasteiger partial charge >= 0.3 is 0 Å². The van der Waals surface area contributed by atoms with Gasteiger partial charge in [0.25, 0.3) is 11.7 Å². The van der Waals surface area contributed by atoms with E-state index >= 15 is 0 Å². The number of aryl methyl sites for hydroxylation is 1. The average molecular weight is 461 g/mol. The van der Waals surface area contributed by atoms with E-state index in [2.05, 4.69) is 4.98 Å². The van der Waals surface area contributed by atoms with Gasteiger partial charge in [-0.2, -0.15) is 0 Å². The Labute approximate surface area is 197 Å². The quantitative estimate of drug-likeness (QED) is 0.320. The van der Waals surface area contributed by atoms with Gasteiger partial charge in [0.05, 0.1) is 17.7 Å². The van der Waals surface area contributed by atoms with Crippen molar-refractivity contribution >= 4 is 17.4 Å². The zero-order valence-electron chi connectivity index (χ0n) is 19.2. The number of aliphatic hydroxyl groups excluding tert-OH is 1. The van der Waals surface area contributed by atoms with E-state index < -0.39 is 23.5 Å². The fourth-order valence-corrected chi connectivity index (χ4v) is 4.06. The molecule has 1 fully saturated rings. The highest BCUT2D eigenvalue weighted by Crippen LogP contribution is 2.40. The van der Waals surface area contributed by atoms with Crippen molar-refractivity contribution in [3.63, 3.8) is 0 Å². The molecule has 2 aromatic carbocycles. The molecule has 174 valence electrons. The van der Waals surface area contributed by atoms with Crippen molar-refractivity contribution < 1.29 is 23.8 Å². The minimum Gasteiger partial charge on any atom is -0.507 e. The summed E-state index contributed by atoms with van der Waals surface area (Å²) in [4.78, 5) is 31.7. The summed E-state index contributed by atoms with van der Waals surface area (Å²) in [5.41, 5.74) is 2.36. The number of hydrogen-bond acceptors (Lipinski definition) is 5. The summed E-state index contributed by atoms with van der Waals surface area (Å²) in [6, 6.07) is 13.3. The number of halogens is 1. The number of amides is 1. The van der Waals surface area contributed by atoms with E-state index in [1.54, 1.807) is 42.7 Å². The molecule has 0 aliphatic carbocycles. The van der Waals surface area contributed by atoms with Gasteiger partial charge in [0, 0.05) is 24.5 Å². The number of Topliss-reactive ketones (excluding diaryl/α,β-unsaturated/α-hetero) is 1. The van der Waals surface area contributed by atoms with Gasteiger partial charge in [0.2, 0.25) is 0 Å². The van der Waals surface area contributed by atoms with Crippen LogP contribution < -0.4 is 4.74 Å². The summed E-state index contributed by atoms with van der Waals surface area (Å²) < 4.78 is 19.4. The van der Waals surface area contributed by atoms with E-state index in [-0.39, 0.29) is 24.0 Å². The highest BCUT2D eigenvalue weighted by Gasteiger charge is 2.46. The molecule has 34 heavy (non-hydrogen) atoms. The molecule has 6 nitrogen and oxygen atoms in total. The zero-order chi connectivity index (χ0) is 24.4. The Morgan fingerprint density at radius 3 is 2.50 bits per heavy atom. The number of rotatable bonds is 6. The van der Waals surface area contributed by atoms with E-state index in [1.807, 2.05) is 20.8 Å². The van der Waals surface area contributed by atoms with Gasteiger partial charge in [-0.25, -0.2) is 4.39 Å². The van der Waals surface area contributed by atoms with Gasteiger partial charge < -0.3 is 14.7 Å². The van der Waals surface area contributed by atoms with Gasteiger partial charge in [-0.3, -0.25) is 14.6 Å². The molecule has 0 radical (unpaired) electrons. The number of aliphatic hydroxyl groups is 1. The number of likely N-dealkylation sites (tertiary alicyclic amines) is 1. The molecule has 0 saturated carbocycles. The van der Waals surface area contributed by atoms with Gasteiger partial charge in [-0.05, 0) is 73.9 Å². The average Bonchev–Trinajstić information content (AvgIpc) is 3.06. The number of nitrogens with zero attached hydrogens (tertiary/aromatic N) is 2. The molecule has 1 unspecified atom stereocenters. The molecule has 1 atom stereocenters. The minimum absolute atomic E-state index is 0.0191. The summed E-state index contributed by atoms with van der Waals surface area (Å²) >= 11 is 0. The third kappa shape index (κ3) is 4.55. The Bertz CT molecular complexity index is 1250. The van der Waals surface area contributed by atoms with Crippen LogP contribution in [0.5, 0.6) is 5.75 Å². The molecule has 1 amide bonds. The van der Waals surface area contributed by atoms with Crippen LogP contribution in [0.1, 0.15) is 42.1 Å². The first-order valence-corrected chi connectivity index (χ1v) is 11.0. The summed E-state index contributed by atoms with van der Waals surface area (Å²) in [5.74, 6) is -1.60. The van der Waals surface area contributed by atoms with Crippen LogP contribution in [-0.4, -0.2) is 32.8 Å². The number of aromatic nitrogens is 1. The van der Waals surface area contributed by atoms with Crippen molar-refractivity contribution in [2.24, 2.45) is 0 Å². The molecule has 1 aliphatic rings. The molecule has 2 heterocycles. The van der Waals surface area contributed by atoms with Gasteiger partial charge in [-0.15, -0.1) is 0 Å². The predicted octanol–water partition coefficient (Wildman–Crippen LogP) is 4.94. The Kier molecular flexibility index (Phi) is 6.45. The monoisotopic (exact) mass is 460 g/mol. The van der Waals surface area contributed by atoms with Crippen molar-refractivity contribution in [2.75, 3.05) is 0 Å². The van der Waals surface area contributed by atoms with Crippen LogP contribution >= 0.6 is 0 Å². The molecular formula is C27H25FN2O4. The van der Waals surface area contributed by atoms with Crippen LogP contribution in [0, 0.1) is 12.7 Å². The van der Waals surface area contributed by atoms with Crippen molar-refractivity contribution in [1.29, 1.82) is 0 Å². The van der Waals surface area contributed by atoms with Gasteiger partial charge in [-0.1, -0.05) is 18.2 Å². The van der Waals surface area contributed by atoms with E-state index in [4.69, 9.17) is 4.74 Å². The Balaban J connectivity index is 1.82. The number of carbonyl (C=O) groups is 2. The largest absolute Gasteiger partial charge is 0.507 e. The predicted molar refractivity (Wildman–Crippen MR) is 125 cm³/mol. The molecule has 4 rings (SSSR count). The van der Waals surface area contributed by atoms with Crippen molar-refractivity contribution in [2.45, 2.75) is 39.5 Å². The van der Waals surface area contributed by atoms with Crippen molar-refractivity contribution in [3.05, 3.63) is 101 Å². The first-order chi connectivity index (χ1) is 16.3. The maximum atomic E-state index is 13.6. The van der Waals surface area contributed by atoms with Crippen LogP contribution in [-0.2, 0) is 16.1 Å². The highest BCUT2D eigenvalue weighted by molar-refractivity contribution is 6.46. The minimum atomic E-state index is -0.882. The lowest BCUT2D eigenvalue weighted by molar-refractivity contribution is -0.140. The molecule has 0 bridgehead atoms. The van der Waals surface area contributed by atoms with Crippen molar-refractivity contribution in [3.8, 4) is 5.75 Å². The number of benzene rings is 2. The molecule has 7 heteroatoms. The Morgan fingerprint density at radius 2 is 1.88 bits per heavy atom. The fraction of sp³-hybridized carbons (Fsp3) is 0.222. The Hall–Kier alpha value is -4.00. The molecule has 1 aromatic heterocycles. The molecule has 3 aromatic rings. The summed E-state index contributed by atoms with van der Waals surface area (Å²) in [6.07, 6.45) is 3.21. The second kappa shape index (κ2) is 9.47. The third-order valence-electron chi connectivity index (χ3n) is 5.61. The van der Waals surface area contributed by atoms with Crippen LogP contribution in [0.2, 0.25) is 0 Å². The third-order valence-corrected chi connectivity index (χ3v) is 5.61. The SMILES string of the molecule is Cc1cc(/C(O)=C2/C(=O)C(=O)N(Cc3cccnc3)C2c2ccc(F)cc2)ccc1OC(C)C. The highest BCUT2D eigenvalue weighted by atomic mass is 19.1. The van der Waals surface area contributed by atoms with E-state index in [9.17, 15) is 19.1 Å². The van der Waals surface area contributed by atoms with Crippen LogP contribution in [0.4, 0.5) is 4.39 Å². The lowest BCUT2D eigenvalue weighted by Crippen LogP contribution is -2.29. The second-order valence-corrected chi connectivity index (χ2v) is 8.49. The fourth-order valence-electron chi connectivity index (χ4n) is 4.06. The second-order valence-electron chi connectivity index (χ2n) is 8.49. The van der Waals surface area contributed by atoms with Gasteiger partial charge in [0.15, 0.2) is 0 Å². The Morgan fingerprint density at radius 1 is 1.15 bits per heavy atom. The maximum absolute atomic E-state index is 13.6. The normalized spacial score (nSPS) is 17.4. The summed E-state index contributed by atoms with van der Waals surface area (Å²) in [7, 11) is 0. The maximum Gasteiger partial charge on any atom is 0.295 e. The molecular weight excluding hydrogens is 435 g/mol. The first-order valence-electron chi connectivity index (χ1n) is 11.0. The van der Waals surface area contributed by atoms with Crippen molar-refractivity contribution in [1.82, 2.24) is 9.88 Å². The molecule has 1 aliphatic heterocycles. The lowest BCUT2D eigenvalue weighted by atomic mass is 9.94. The topological polar surface area (TPSA) is 79.7 Å². The number of ether oxygens (including phenoxy) is 1. The molecule has 1 N–H and O–H groups in total. The number of hydrogen-bond donors (Lipinski definition) is 1. The molecule has 0 spiro atoms. The number of carbonyl (C=O) groups excluding carboxylic acids is 2. The molecule has 1 saturated heterocycles. The number of ketones is 1. The number of pyridine rings is 1. The van der Waals surface area contributed by atoms with Crippen LogP contribution in [0.25, 0.3) is 5.76 Å². The van der Waals surface area contributed by atoms with Gasteiger partial charge in [0.1, 0.15) is 17.3 Å². The van der Waals surface area contributed by atoms with E-state index in [0.29, 0.717) is 16.9 Å².